The molecular formula is C15H11BrCl2N2S. The van der Waals surface area contributed by atoms with Crippen LogP contribution in [0.3, 0.4) is 0 Å². The molecule has 108 valence electrons. The first-order chi connectivity index (χ1) is 10.1. The van der Waals surface area contributed by atoms with E-state index in [2.05, 4.69) is 33.4 Å². The average molecular weight is 402 g/mol. The summed E-state index contributed by atoms with van der Waals surface area (Å²) in [6, 6.07) is 14.1. The lowest BCUT2D eigenvalue weighted by atomic mass is 10.1. The van der Waals surface area contributed by atoms with Crippen LogP contribution < -0.4 is 5.32 Å². The number of halogens is 3. The number of rotatable bonds is 2. The molecule has 0 amide bonds. The van der Waals surface area contributed by atoms with Crippen molar-refractivity contribution in [2.75, 3.05) is 11.1 Å². The topological polar surface area (TPSA) is 24.4 Å². The van der Waals surface area contributed by atoms with Crippen LogP contribution in [0.5, 0.6) is 0 Å². The Balaban J connectivity index is 1.81. The maximum Gasteiger partial charge on any atom is 0.161 e. The van der Waals surface area contributed by atoms with E-state index >= 15 is 0 Å². The van der Waals surface area contributed by atoms with Crippen LogP contribution in [0.15, 0.2) is 51.9 Å². The quantitative estimate of drug-likeness (QED) is 0.665. The summed E-state index contributed by atoms with van der Waals surface area (Å²) < 4.78 is 0.853. The van der Waals surface area contributed by atoms with Gasteiger partial charge in [0.25, 0.3) is 0 Å². The summed E-state index contributed by atoms with van der Waals surface area (Å²) in [5, 5.41) is 5.22. The molecule has 0 spiro atoms. The molecule has 0 aromatic heterocycles. The molecule has 1 aliphatic rings. The van der Waals surface area contributed by atoms with Crippen LogP contribution in [-0.2, 0) is 0 Å². The highest BCUT2D eigenvalue weighted by Crippen LogP contribution is 2.37. The van der Waals surface area contributed by atoms with Gasteiger partial charge in [0, 0.05) is 10.2 Å². The number of hydrogen-bond donors (Lipinski definition) is 1. The lowest BCUT2D eigenvalue weighted by Gasteiger charge is -2.10. The van der Waals surface area contributed by atoms with Crippen molar-refractivity contribution >= 4 is 61.7 Å². The Bertz CT molecular complexity index is 668. The van der Waals surface area contributed by atoms with Gasteiger partial charge in [0.2, 0.25) is 0 Å². The molecule has 0 radical (unpaired) electrons. The van der Waals surface area contributed by atoms with E-state index in [4.69, 9.17) is 28.2 Å². The summed E-state index contributed by atoms with van der Waals surface area (Å²) in [5.41, 5.74) is 1.91. The van der Waals surface area contributed by atoms with Gasteiger partial charge < -0.3 is 5.32 Å². The van der Waals surface area contributed by atoms with Gasteiger partial charge in [0.1, 0.15) is 0 Å². The number of benzene rings is 2. The van der Waals surface area contributed by atoms with Gasteiger partial charge in [-0.05, 0) is 17.7 Å². The predicted molar refractivity (Wildman–Crippen MR) is 96.9 cm³/mol. The van der Waals surface area contributed by atoms with Crippen molar-refractivity contribution in [1.29, 1.82) is 0 Å². The second-order valence-corrected chi connectivity index (χ2v) is 7.28. The Kier molecular flexibility index (Phi) is 4.79. The molecular weight excluding hydrogens is 391 g/mol. The Hall–Kier alpha value is -0.680. The molecule has 0 fully saturated rings. The smallest absolute Gasteiger partial charge is 0.161 e. The molecule has 0 bridgehead atoms. The lowest BCUT2D eigenvalue weighted by molar-refractivity contribution is 0.849. The van der Waals surface area contributed by atoms with Crippen LogP contribution in [0.1, 0.15) is 11.6 Å². The van der Waals surface area contributed by atoms with Crippen molar-refractivity contribution < 1.29 is 0 Å². The average Bonchev–Trinajstić information content (AvgIpc) is 2.92. The van der Waals surface area contributed by atoms with E-state index in [1.807, 2.05) is 30.3 Å². The maximum absolute atomic E-state index is 6.23. The number of nitrogens with zero attached hydrogens (tertiary/aromatic N) is 1. The first-order valence-corrected chi connectivity index (χ1v) is 8.84. The molecule has 0 aliphatic carbocycles. The molecule has 1 heterocycles. The van der Waals surface area contributed by atoms with E-state index in [1.165, 1.54) is 5.56 Å². The molecule has 6 heteroatoms. The summed E-state index contributed by atoms with van der Waals surface area (Å²) in [4.78, 5) is 4.70. The highest BCUT2D eigenvalue weighted by Gasteiger charge is 2.21. The van der Waals surface area contributed by atoms with E-state index in [0.717, 1.165) is 15.4 Å². The first kappa shape index (κ1) is 15.2. The summed E-state index contributed by atoms with van der Waals surface area (Å²) in [7, 11) is 0. The Morgan fingerprint density at radius 1 is 1.14 bits per heavy atom. The Morgan fingerprint density at radius 3 is 2.48 bits per heavy atom. The normalized spacial score (nSPS) is 17.7. The van der Waals surface area contributed by atoms with E-state index < -0.39 is 0 Å². The summed E-state index contributed by atoms with van der Waals surface area (Å²) in [6.45, 7) is 0. The monoisotopic (exact) mass is 400 g/mol. The van der Waals surface area contributed by atoms with Gasteiger partial charge in [-0.2, -0.15) is 0 Å². The van der Waals surface area contributed by atoms with E-state index in [9.17, 15) is 0 Å². The van der Waals surface area contributed by atoms with Gasteiger partial charge in [0.05, 0.1) is 21.8 Å². The fourth-order valence-corrected chi connectivity index (χ4v) is 4.32. The molecule has 1 aliphatic heterocycles. The zero-order valence-corrected chi connectivity index (χ0v) is 14.7. The van der Waals surface area contributed by atoms with Gasteiger partial charge in [-0.25, -0.2) is 0 Å². The fourth-order valence-electron chi connectivity index (χ4n) is 2.06. The van der Waals surface area contributed by atoms with Crippen LogP contribution >= 0.6 is 50.9 Å². The van der Waals surface area contributed by atoms with E-state index in [1.54, 1.807) is 11.8 Å². The molecule has 1 unspecified atom stereocenters. The van der Waals surface area contributed by atoms with Crippen molar-refractivity contribution in [2.24, 2.45) is 4.99 Å². The van der Waals surface area contributed by atoms with Crippen molar-refractivity contribution in [1.82, 2.24) is 0 Å². The molecule has 3 rings (SSSR count). The van der Waals surface area contributed by atoms with Crippen molar-refractivity contribution in [3.63, 3.8) is 0 Å². The first-order valence-electron chi connectivity index (χ1n) is 6.30. The highest BCUT2D eigenvalue weighted by atomic mass is 79.9. The van der Waals surface area contributed by atoms with Gasteiger partial charge >= 0.3 is 0 Å². The van der Waals surface area contributed by atoms with E-state index in [-0.39, 0.29) is 6.04 Å². The molecule has 2 aromatic carbocycles. The number of hydrogen-bond acceptors (Lipinski definition) is 3. The Labute approximate surface area is 146 Å². The molecule has 1 atom stereocenters. The van der Waals surface area contributed by atoms with Crippen LogP contribution in [-0.4, -0.2) is 10.9 Å². The van der Waals surface area contributed by atoms with Gasteiger partial charge in [0.15, 0.2) is 5.17 Å². The summed E-state index contributed by atoms with van der Waals surface area (Å²) in [5.74, 6) is 0.915. The predicted octanol–water partition coefficient (Wildman–Crippen LogP) is 6.01. The SMILES string of the molecule is Clc1cc(Br)cc(Cl)c1NC1=NC(c2ccccc2)CS1. The van der Waals surface area contributed by atoms with Crippen molar-refractivity contribution in [2.45, 2.75) is 6.04 Å². The van der Waals surface area contributed by atoms with Crippen LogP contribution in [0, 0.1) is 0 Å². The van der Waals surface area contributed by atoms with Crippen LogP contribution in [0.25, 0.3) is 0 Å². The number of nitrogens with one attached hydrogen (secondary N) is 1. The highest BCUT2D eigenvalue weighted by molar-refractivity contribution is 9.10. The minimum Gasteiger partial charge on any atom is -0.333 e. The summed E-state index contributed by atoms with van der Waals surface area (Å²) >= 11 is 17.5. The van der Waals surface area contributed by atoms with Gasteiger partial charge in [-0.1, -0.05) is 81.2 Å². The summed E-state index contributed by atoms with van der Waals surface area (Å²) in [6.07, 6.45) is 0. The number of amidine groups is 1. The number of aliphatic imine (C=N–C) groups is 1. The third-order valence-electron chi connectivity index (χ3n) is 3.07. The molecule has 0 saturated heterocycles. The van der Waals surface area contributed by atoms with Crippen molar-refractivity contribution in [3.05, 3.63) is 62.5 Å². The molecule has 0 saturated carbocycles. The maximum atomic E-state index is 6.23. The van der Waals surface area contributed by atoms with Gasteiger partial charge in [-0.15, -0.1) is 0 Å². The third-order valence-corrected chi connectivity index (χ3v) is 5.09. The second kappa shape index (κ2) is 6.61. The zero-order valence-electron chi connectivity index (χ0n) is 10.8. The Morgan fingerprint density at radius 2 is 1.81 bits per heavy atom. The molecule has 1 N–H and O–H groups in total. The van der Waals surface area contributed by atoms with Crippen LogP contribution in [0.4, 0.5) is 5.69 Å². The second-order valence-electron chi connectivity index (χ2n) is 4.54. The van der Waals surface area contributed by atoms with E-state index in [0.29, 0.717) is 15.7 Å². The molecule has 21 heavy (non-hydrogen) atoms. The fraction of sp³-hybridized carbons (Fsp3) is 0.133. The minimum absolute atomic E-state index is 0.173. The lowest BCUT2D eigenvalue weighted by Crippen LogP contribution is -2.06. The molecule has 2 nitrogen and oxygen atoms in total. The van der Waals surface area contributed by atoms with Gasteiger partial charge in [-0.3, -0.25) is 4.99 Å². The minimum atomic E-state index is 0.173. The number of anilines is 1. The van der Waals surface area contributed by atoms with Crippen LogP contribution in [0.2, 0.25) is 10.0 Å². The zero-order chi connectivity index (χ0) is 14.8. The largest absolute Gasteiger partial charge is 0.333 e. The third kappa shape index (κ3) is 3.57. The molecule has 2 aromatic rings. The van der Waals surface area contributed by atoms with Crippen molar-refractivity contribution in [3.8, 4) is 0 Å². The standard InChI is InChI=1S/C15H11BrCl2N2S/c16-10-6-11(17)14(12(18)7-10)20-15-19-13(8-21-15)9-4-2-1-3-5-9/h1-7,13H,8H2,(H,19,20). The number of thioether (sulfide) groups is 1.